The van der Waals surface area contributed by atoms with Crippen molar-refractivity contribution in [2.45, 2.75) is 0 Å². The number of phenols is 1. The SMILES string of the molecule is Nc1cc(O)cc2ccc(=O)oc12. The van der Waals surface area contributed by atoms with Crippen LogP contribution in [0, 0.1) is 0 Å². The zero-order chi connectivity index (χ0) is 9.42. The topological polar surface area (TPSA) is 76.5 Å². The Morgan fingerprint density at radius 3 is 2.85 bits per heavy atom. The second-order valence-corrected chi connectivity index (χ2v) is 2.71. The molecular formula is C9H7NO3. The van der Waals surface area contributed by atoms with Gasteiger partial charge in [-0.3, -0.25) is 0 Å². The molecule has 1 aromatic carbocycles. The van der Waals surface area contributed by atoms with Crippen molar-refractivity contribution in [1.29, 1.82) is 0 Å². The summed E-state index contributed by atoms with van der Waals surface area (Å²) in [4.78, 5) is 10.8. The minimum Gasteiger partial charge on any atom is -0.508 e. The number of phenolic OH excluding ortho intramolecular Hbond substituents is 1. The number of hydrogen-bond donors (Lipinski definition) is 2. The maximum absolute atomic E-state index is 10.8. The highest BCUT2D eigenvalue weighted by Gasteiger charge is 2.02. The van der Waals surface area contributed by atoms with Crippen LogP contribution in [-0.4, -0.2) is 5.11 Å². The third kappa shape index (κ3) is 1.22. The van der Waals surface area contributed by atoms with Gasteiger partial charge in [-0.1, -0.05) is 0 Å². The molecule has 13 heavy (non-hydrogen) atoms. The lowest BCUT2D eigenvalue weighted by Gasteiger charge is -2.00. The van der Waals surface area contributed by atoms with Gasteiger partial charge in [0, 0.05) is 17.5 Å². The van der Waals surface area contributed by atoms with E-state index in [9.17, 15) is 9.90 Å². The van der Waals surface area contributed by atoms with Gasteiger partial charge in [0.15, 0.2) is 5.58 Å². The number of nitrogens with two attached hydrogens (primary N) is 1. The molecule has 0 spiro atoms. The molecular weight excluding hydrogens is 170 g/mol. The molecule has 0 bridgehead atoms. The van der Waals surface area contributed by atoms with Crippen LogP contribution in [0.1, 0.15) is 0 Å². The van der Waals surface area contributed by atoms with E-state index in [1.807, 2.05) is 0 Å². The van der Waals surface area contributed by atoms with Crippen molar-refractivity contribution in [3.05, 3.63) is 34.7 Å². The predicted octanol–water partition coefficient (Wildman–Crippen LogP) is 1.08. The van der Waals surface area contributed by atoms with Crippen LogP contribution < -0.4 is 11.4 Å². The fourth-order valence-corrected chi connectivity index (χ4v) is 1.19. The molecule has 3 N–H and O–H groups in total. The van der Waals surface area contributed by atoms with Crippen LogP contribution in [0.15, 0.2) is 33.5 Å². The van der Waals surface area contributed by atoms with E-state index in [0.717, 1.165) is 0 Å². The zero-order valence-corrected chi connectivity index (χ0v) is 6.65. The monoisotopic (exact) mass is 177 g/mol. The molecule has 0 fully saturated rings. The Bertz CT molecular complexity index is 516. The van der Waals surface area contributed by atoms with Crippen LogP contribution in [0.25, 0.3) is 11.0 Å². The van der Waals surface area contributed by atoms with Crippen molar-refractivity contribution >= 4 is 16.7 Å². The van der Waals surface area contributed by atoms with Crippen molar-refractivity contribution < 1.29 is 9.52 Å². The molecule has 0 unspecified atom stereocenters. The van der Waals surface area contributed by atoms with Crippen molar-refractivity contribution in [2.75, 3.05) is 5.73 Å². The lowest BCUT2D eigenvalue weighted by atomic mass is 10.2. The van der Waals surface area contributed by atoms with Crippen LogP contribution in [0.3, 0.4) is 0 Å². The average molecular weight is 177 g/mol. The van der Waals surface area contributed by atoms with Gasteiger partial charge in [0.1, 0.15) is 5.75 Å². The molecule has 0 saturated carbocycles. The largest absolute Gasteiger partial charge is 0.508 e. The number of aromatic hydroxyl groups is 1. The Balaban J connectivity index is 2.95. The lowest BCUT2D eigenvalue weighted by molar-refractivity contribution is 0.475. The quantitative estimate of drug-likeness (QED) is 0.466. The molecule has 2 rings (SSSR count). The van der Waals surface area contributed by atoms with E-state index in [1.54, 1.807) is 6.07 Å². The Kier molecular flexibility index (Phi) is 1.48. The van der Waals surface area contributed by atoms with Crippen LogP contribution in [-0.2, 0) is 0 Å². The van der Waals surface area contributed by atoms with E-state index in [1.165, 1.54) is 18.2 Å². The van der Waals surface area contributed by atoms with Gasteiger partial charge in [-0.2, -0.15) is 0 Å². The second kappa shape index (κ2) is 2.52. The molecule has 0 aliphatic rings. The van der Waals surface area contributed by atoms with Crippen molar-refractivity contribution in [3.63, 3.8) is 0 Å². The Morgan fingerprint density at radius 2 is 2.08 bits per heavy atom. The minimum absolute atomic E-state index is 0.0545. The zero-order valence-electron chi connectivity index (χ0n) is 6.65. The summed E-state index contributed by atoms with van der Waals surface area (Å²) in [5, 5.41) is 9.79. The average Bonchev–Trinajstić information content (AvgIpc) is 2.06. The summed E-state index contributed by atoms with van der Waals surface area (Å²) in [6.45, 7) is 0. The van der Waals surface area contributed by atoms with Gasteiger partial charge in [0.05, 0.1) is 5.69 Å². The van der Waals surface area contributed by atoms with E-state index >= 15 is 0 Å². The summed E-state index contributed by atoms with van der Waals surface area (Å²) in [6.07, 6.45) is 0. The van der Waals surface area contributed by atoms with Crippen molar-refractivity contribution in [3.8, 4) is 5.75 Å². The van der Waals surface area contributed by atoms with Crippen LogP contribution >= 0.6 is 0 Å². The third-order valence-electron chi connectivity index (χ3n) is 1.73. The minimum atomic E-state index is -0.454. The van der Waals surface area contributed by atoms with Crippen molar-refractivity contribution in [1.82, 2.24) is 0 Å². The molecule has 0 atom stereocenters. The number of benzene rings is 1. The van der Waals surface area contributed by atoms with Gasteiger partial charge >= 0.3 is 5.63 Å². The Labute approximate surface area is 73.2 Å². The van der Waals surface area contributed by atoms with Gasteiger partial charge in [0.25, 0.3) is 0 Å². The molecule has 1 aromatic heterocycles. The summed E-state index contributed by atoms with van der Waals surface area (Å²) < 4.78 is 4.86. The Morgan fingerprint density at radius 1 is 1.31 bits per heavy atom. The molecule has 4 nitrogen and oxygen atoms in total. The van der Waals surface area contributed by atoms with Gasteiger partial charge < -0.3 is 15.3 Å². The van der Waals surface area contributed by atoms with Gasteiger partial charge in [-0.15, -0.1) is 0 Å². The molecule has 0 radical (unpaired) electrons. The molecule has 4 heteroatoms. The normalized spacial score (nSPS) is 10.5. The summed E-state index contributed by atoms with van der Waals surface area (Å²) >= 11 is 0. The first-order chi connectivity index (χ1) is 6.16. The van der Waals surface area contributed by atoms with E-state index in [2.05, 4.69) is 0 Å². The molecule has 0 saturated heterocycles. The summed E-state index contributed by atoms with van der Waals surface area (Å²) in [5.74, 6) is 0.0545. The second-order valence-electron chi connectivity index (χ2n) is 2.71. The standard InChI is InChI=1S/C9H7NO3/c10-7-4-6(11)3-5-1-2-8(12)13-9(5)7/h1-4,11H,10H2. The van der Waals surface area contributed by atoms with Crippen LogP contribution in [0.2, 0.25) is 0 Å². The number of hydrogen-bond acceptors (Lipinski definition) is 4. The summed E-state index contributed by atoms with van der Waals surface area (Å²) in [5.41, 5.74) is 5.65. The number of nitrogen functional groups attached to an aromatic ring is 1. The number of rotatable bonds is 0. The molecule has 1 heterocycles. The van der Waals surface area contributed by atoms with E-state index < -0.39 is 5.63 Å². The molecule has 2 aromatic rings. The molecule has 0 amide bonds. The number of fused-ring (bicyclic) bond motifs is 1. The predicted molar refractivity (Wildman–Crippen MR) is 48.6 cm³/mol. The molecule has 66 valence electrons. The first kappa shape index (κ1) is 7.67. The highest BCUT2D eigenvalue weighted by atomic mass is 16.4. The first-order valence-corrected chi connectivity index (χ1v) is 3.69. The smallest absolute Gasteiger partial charge is 0.336 e. The molecule has 0 aliphatic heterocycles. The van der Waals surface area contributed by atoms with E-state index in [0.29, 0.717) is 11.0 Å². The summed E-state index contributed by atoms with van der Waals surface area (Å²) in [6, 6.07) is 5.65. The number of anilines is 1. The maximum Gasteiger partial charge on any atom is 0.336 e. The van der Waals surface area contributed by atoms with Crippen molar-refractivity contribution in [2.24, 2.45) is 0 Å². The van der Waals surface area contributed by atoms with Crippen LogP contribution in [0.4, 0.5) is 5.69 Å². The first-order valence-electron chi connectivity index (χ1n) is 3.69. The molecule has 0 aliphatic carbocycles. The fraction of sp³-hybridized carbons (Fsp3) is 0. The van der Waals surface area contributed by atoms with Gasteiger partial charge in [0.2, 0.25) is 0 Å². The van der Waals surface area contributed by atoms with Gasteiger partial charge in [-0.05, 0) is 12.1 Å². The highest BCUT2D eigenvalue weighted by Crippen LogP contribution is 2.24. The fourth-order valence-electron chi connectivity index (χ4n) is 1.19. The van der Waals surface area contributed by atoms with Gasteiger partial charge in [-0.25, -0.2) is 4.79 Å². The van der Waals surface area contributed by atoms with E-state index in [-0.39, 0.29) is 11.4 Å². The summed E-state index contributed by atoms with van der Waals surface area (Å²) in [7, 11) is 0. The third-order valence-corrected chi connectivity index (χ3v) is 1.73. The van der Waals surface area contributed by atoms with E-state index in [4.69, 9.17) is 10.2 Å². The van der Waals surface area contributed by atoms with Crippen LogP contribution in [0.5, 0.6) is 5.75 Å². The highest BCUT2D eigenvalue weighted by molar-refractivity contribution is 5.88. The maximum atomic E-state index is 10.8. The Hall–Kier alpha value is -1.97. The lowest BCUT2D eigenvalue weighted by Crippen LogP contribution is -1.96.